The number of aliphatic imine (C=N–C) groups is 1. The lowest BCUT2D eigenvalue weighted by Gasteiger charge is -2.14. The lowest BCUT2D eigenvalue weighted by Crippen LogP contribution is -2.43. The van der Waals surface area contributed by atoms with Gasteiger partial charge in [-0.1, -0.05) is 0 Å². The highest BCUT2D eigenvalue weighted by Gasteiger charge is 2.22. The lowest BCUT2D eigenvalue weighted by atomic mass is 10.1. The van der Waals surface area contributed by atoms with E-state index in [0.29, 0.717) is 36.0 Å². The molecular formula is C21H24FN7S. The van der Waals surface area contributed by atoms with Crippen LogP contribution in [0.15, 0.2) is 35.5 Å². The van der Waals surface area contributed by atoms with Gasteiger partial charge in [-0.15, -0.1) is 0 Å². The molecule has 0 saturated heterocycles. The summed E-state index contributed by atoms with van der Waals surface area (Å²) in [6.45, 7) is 4.31. The van der Waals surface area contributed by atoms with E-state index in [1.807, 2.05) is 26.1 Å². The number of H-pyrrole nitrogens is 1. The first kappa shape index (κ1) is 20.2. The van der Waals surface area contributed by atoms with E-state index in [9.17, 15) is 4.39 Å². The molecule has 156 valence electrons. The summed E-state index contributed by atoms with van der Waals surface area (Å²) in [4.78, 5) is 16.6. The van der Waals surface area contributed by atoms with Crippen molar-refractivity contribution in [3.05, 3.63) is 53.2 Å². The van der Waals surface area contributed by atoms with Crippen molar-refractivity contribution in [3.8, 4) is 0 Å². The Kier molecular flexibility index (Phi) is 5.89. The van der Waals surface area contributed by atoms with Crippen LogP contribution in [-0.2, 0) is 6.42 Å². The zero-order valence-corrected chi connectivity index (χ0v) is 17.7. The van der Waals surface area contributed by atoms with Crippen molar-refractivity contribution >= 4 is 40.1 Å². The highest BCUT2D eigenvalue weighted by molar-refractivity contribution is 7.80. The van der Waals surface area contributed by atoms with Crippen molar-refractivity contribution in [2.24, 2.45) is 4.99 Å². The fourth-order valence-electron chi connectivity index (χ4n) is 3.20. The van der Waals surface area contributed by atoms with Gasteiger partial charge in [-0.05, 0) is 75.2 Å². The molecule has 0 bridgehead atoms. The van der Waals surface area contributed by atoms with Crippen molar-refractivity contribution in [2.45, 2.75) is 39.2 Å². The number of thiocarbonyl (C=S) groups is 1. The van der Waals surface area contributed by atoms with Crippen LogP contribution in [0.2, 0.25) is 0 Å². The number of aromatic amines is 1. The van der Waals surface area contributed by atoms with Gasteiger partial charge in [-0.2, -0.15) is 0 Å². The minimum Gasteiger partial charge on any atom is -0.361 e. The Morgan fingerprint density at radius 2 is 2.00 bits per heavy atom. The number of hydrogen-bond acceptors (Lipinski definition) is 4. The van der Waals surface area contributed by atoms with Gasteiger partial charge in [0.15, 0.2) is 5.11 Å². The van der Waals surface area contributed by atoms with Crippen molar-refractivity contribution in [1.82, 2.24) is 25.6 Å². The lowest BCUT2D eigenvalue weighted by molar-refractivity contribution is 0.629. The molecule has 1 saturated carbocycles. The molecule has 2 heterocycles. The topological polar surface area (TPSA) is 90.0 Å². The van der Waals surface area contributed by atoms with E-state index in [2.05, 4.69) is 35.9 Å². The first-order valence-corrected chi connectivity index (χ1v) is 10.3. The van der Waals surface area contributed by atoms with Crippen LogP contribution < -0.4 is 16.0 Å². The molecule has 4 rings (SSSR count). The summed E-state index contributed by atoms with van der Waals surface area (Å²) >= 11 is 5.39. The van der Waals surface area contributed by atoms with Gasteiger partial charge in [-0.25, -0.2) is 14.4 Å². The predicted octanol–water partition coefficient (Wildman–Crippen LogP) is 3.35. The van der Waals surface area contributed by atoms with Crippen molar-refractivity contribution < 1.29 is 4.39 Å². The van der Waals surface area contributed by atoms with E-state index in [1.54, 1.807) is 12.1 Å². The molecule has 1 aliphatic rings. The highest BCUT2D eigenvalue weighted by Crippen LogP contribution is 2.20. The second-order valence-corrected chi connectivity index (χ2v) is 7.86. The van der Waals surface area contributed by atoms with Crippen LogP contribution in [0.1, 0.15) is 29.8 Å². The van der Waals surface area contributed by atoms with Gasteiger partial charge in [-0.3, -0.25) is 10.3 Å². The zero-order valence-electron chi connectivity index (χ0n) is 16.9. The number of rotatable bonds is 5. The number of nitrogens with zero attached hydrogens (tertiary/aromatic N) is 3. The summed E-state index contributed by atoms with van der Waals surface area (Å²) < 4.78 is 13.6. The van der Waals surface area contributed by atoms with E-state index in [0.717, 1.165) is 40.7 Å². The number of hydrogen-bond donors (Lipinski definition) is 4. The summed E-state index contributed by atoms with van der Waals surface area (Å²) in [5.74, 6) is 0.686. The molecule has 30 heavy (non-hydrogen) atoms. The SMILES string of the molecule is Cc1cc(C)nc(NC(=NCCc2c[nH]c3ccc(F)cc23)NC(=S)NC2CC2)n1. The molecule has 1 aliphatic carbocycles. The Labute approximate surface area is 179 Å². The van der Waals surface area contributed by atoms with E-state index in [4.69, 9.17) is 12.2 Å². The smallest absolute Gasteiger partial charge is 0.229 e. The molecule has 0 aliphatic heterocycles. The van der Waals surface area contributed by atoms with Gasteiger partial charge in [0.2, 0.25) is 11.9 Å². The molecule has 3 aromatic rings. The minimum absolute atomic E-state index is 0.251. The molecule has 0 unspecified atom stereocenters. The molecule has 0 atom stereocenters. The molecule has 4 N–H and O–H groups in total. The van der Waals surface area contributed by atoms with Crippen LogP contribution in [-0.4, -0.2) is 38.6 Å². The van der Waals surface area contributed by atoms with Crippen LogP contribution in [0.25, 0.3) is 10.9 Å². The number of nitrogens with one attached hydrogen (secondary N) is 4. The van der Waals surface area contributed by atoms with E-state index < -0.39 is 0 Å². The van der Waals surface area contributed by atoms with Crippen LogP contribution in [0.3, 0.4) is 0 Å². The minimum atomic E-state index is -0.251. The monoisotopic (exact) mass is 425 g/mol. The summed E-state index contributed by atoms with van der Waals surface area (Å²) in [6, 6.07) is 7.07. The first-order valence-electron chi connectivity index (χ1n) is 9.93. The van der Waals surface area contributed by atoms with Crippen LogP contribution >= 0.6 is 12.2 Å². The predicted molar refractivity (Wildman–Crippen MR) is 121 cm³/mol. The Balaban J connectivity index is 1.48. The fourth-order valence-corrected chi connectivity index (χ4v) is 3.46. The number of aromatic nitrogens is 3. The summed E-state index contributed by atoms with van der Waals surface area (Å²) in [7, 11) is 0. The van der Waals surface area contributed by atoms with Gasteiger partial charge >= 0.3 is 0 Å². The summed E-state index contributed by atoms with van der Waals surface area (Å²) in [6.07, 6.45) is 4.79. The molecule has 2 aromatic heterocycles. The molecular weight excluding hydrogens is 401 g/mol. The van der Waals surface area contributed by atoms with Crippen molar-refractivity contribution in [1.29, 1.82) is 0 Å². The van der Waals surface area contributed by atoms with Crippen molar-refractivity contribution in [2.75, 3.05) is 11.9 Å². The average molecular weight is 426 g/mol. The number of guanidine groups is 1. The Bertz CT molecular complexity index is 1080. The number of benzene rings is 1. The second-order valence-electron chi connectivity index (χ2n) is 7.46. The molecule has 0 amide bonds. The highest BCUT2D eigenvalue weighted by atomic mass is 32.1. The van der Waals surface area contributed by atoms with Gasteiger partial charge < -0.3 is 15.6 Å². The van der Waals surface area contributed by atoms with Crippen LogP contribution in [0.5, 0.6) is 0 Å². The molecule has 1 aromatic carbocycles. The number of fused-ring (bicyclic) bond motifs is 1. The summed E-state index contributed by atoms with van der Waals surface area (Å²) in [5, 5.41) is 10.9. The Morgan fingerprint density at radius 3 is 2.73 bits per heavy atom. The molecule has 7 nitrogen and oxygen atoms in total. The molecule has 0 spiro atoms. The fraction of sp³-hybridized carbons (Fsp3) is 0.333. The van der Waals surface area contributed by atoms with Crippen LogP contribution in [0, 0.1) is 19.7 Å². The Hall–Kier alpha value is -3.07. The van der Waals surface area contributed by atoms with Crippen molar-refractivity contribution in [3.63, 3.8) is 0 Å². The second kappa shape index (κ2) is 8.74. The maximum absolute atomic E-state index is 13.6. The van der Waals surface area contributed by atoms with E-state index in [-0.39, 0.29) is 5.82 Å². The zero-order chi connectivity index (χ0) is 21.1. The third-order valence-corrected chi connectivity index (χ3v) is 4.96. The third-order valence-electron chi connectivity index (χ3n) is 4.74. The van der Waals surface area contributed by atoms with Gasteiger partial charge in [0.1, 0.15) is 5.82 Å². The van der Waals surface area contributed by atoms with Crippen LogP contribution in [0.4, 0.5) is 10.3 Å². The molecule has 1 fully saturated rings. The van der Waals surface area contributed by atoms with Gasteiger partial charge in [0, 0.05) is 41.1 Å². The van der Waals surface area contributed by atoms with Gasteiger partial charge in [0.05, 0.1) is 0 Å². The first-order chi connectivity index (χ1) is 14.5. The maximum Gasteiger partial charge on any atom is 0.229 e. The van der Waals surface area contributed by atoms with E-state index in [1.165, 1.54) is 6.07 Å². The number of halogens is 1. The normalized spacial score (nSPS) is 14.0. The third kappa shape index (κ3) is 5.29. The standard InChI is InChI=1S/C21H24FN7S/c1-12-9-13(2)26-20(25-12)28-19(29-21(30)27-16-4-5-16)23-8-7-14-11-24-18-6-3-15(22)10-17(14)18/h3,6,9-11,16,24H,4-5,7-8H2,1-2H3,(H3,23,25,26,27,28,29,30). The molecule has 9 heteroatoms. The van der Waals surface area contributed by atoms with Gasteiger partial charge in [0.25, 0.3) is 0 Å². The van der Waals surface area contributed by atoms with E-state index >= 15 is 0 Å². The maximum atomic E-state index is 13.6. The molecule has 0 radical (unpaired) electrons. The quantitative estimate of drug-likeness (QED) is 0.285. The number of anilines is 1. The average Bonchev–Trinajstić information content (AvgIpc) is 3.39. The Morgan fingerprint density at radius 1 is 1.23 bits per heavy atom. The largest absolute Gasteiger partial charge is 0.361 e. The number of aryl methyl sites for hydroxylation is 2. The summed E-state index contributed by atoms with van der Waals surface area (Å²) in [5.41, 5.74) is 3.65.